The minimum atomic E-state index is 0.0694. The Bertz CT molecular complexity index is 734. The van der Waals surface area contributed by atoms with Gasteiger partial charge in [-0.25, -0.2) is 4.98 Å². The summed E-state index contributed by atoms with van der Waals surface area (Å²) in [6, 6.07) is 2.14. The zero-order valence-electron chi connectivity index (χ0n) is 11.7. The molecule has 3 heterocycles. The van der Waals surface area contributed by atoms with Gasteiger partial charge in [-0.2, -0.15) is 5.10 Å². The summed E-state index contributed by atoms with van der Waals surface area (Å²) in [7, 11) is 1.90. The molecule has 102 valence electrons. The highest BCUT2D eigenvalue weighted by Crippen LogP contribution is 2.22. The van der Waals surface area contributed by atoms with Gasteiger partial charge in [-0.3, -0.25) is 14.6 Å². The van der Waals surface area contributed by atoms with Gasteiger partial charge < -0.3 is 5.32 Å². The first-order chi connectivity index (χ1) is 9.65. The molecule has 0 aliphatic rings. The van der Waals surface area contributed by atoms with Crippen molar-refractivity contribution < 1.29 is 0 Å². The third-order valence-corrected chi connectivity index (χ3v) is 3.27. The smallest absolute Gasteiger partial charge is 0.157 e. The van der Waals surface area contributed by atoms with Gasteiger partial charge in [0, 0.05) is 24.8 Å². The Morgan fingerprint density at radius 2 is 2.05 bits per heavy atom. The van der Waals surface area contributed by atoms with Gasteiger partial charge in [0.2, 0.25) is 0 Å². The molecular weight excluding hydrogens is 252 g/mol. The summed E-state index contributed by atoms with van der Waals surface area (Å²) in [4.78, 5) is 12.8. The van der Waals surface area contributed by atoms with E-state index in [2.05, 4.69) is 31.4 Å². The van der Waals surface area contributed by atoms with Crippen LogP contribution in [0.15, 0.2) is 30.9 Å². The third-order valence-electron chi connectivity index (χ3n) is 3.27. The van der Waals surface area contributed by atoms with Gasteiger partial charge >= 0.3 is 0 Å². The zero-order valence-corrected chi connectivity index (χ0v) is 11.7. The first-order valence-electron chi connectivity index (χ1n) is 6.47. The quantitative estimate of drug-likeness (QED) is 0.789. The van der Waals surface area contributed by atoms with E-state index in [9.17, 15) is 0 Å². The lowest BCUT2D eigenvalue weighted by atomic mass is 10.2. The van der Waals surface area contributed by atoms with E-state index in [1.807, 2.05) is 27.1 Å². The van der Waals surface area contributed by atoms with Crippen molar-refractivity contribution in [1.82, 2.24) is 24.7 Å². The Labute approximate surface area is 116 Å². The summed E-state index contributed by atoms with van der Waals surface area (Å²) >= 11 is 0. The lowest BCUT2D eigenvalue weighted by molar-refractivity contribution is 0.773. The van der Waals surface area contributed by atoms with Crippen LogP contribution in [0.4, 0.5) is 5.69 Å². The van der Waals surface area contributed by atoms with Crippen molar-refractivity contribution in [2.75, 3.05) is 5.32 Å². The molecule has 0 bridgehead atoms. The lowest BCUT2D eigenvalue weighted by Crippen LogP contribution is -2.08. The Hall–Kier alpha value is -2.50. The molecule has 3 rings (SSSR count). The fraction of sp³-hybridized carbons (Fsp3) is 0.286. The van der Waals surface area contributed by atoms with Crippen LogP contribution >= 0.6 is 0 Å². The molecule has 1 atom stereocenters. The molecule has 3 aromatic rings. The number of hydrogen-bond donors (Lipinski definition) is 1. The van der Waals surface area contributed by atoms with E-state index in [4.69, 9.17) is 0 Å². The van der Waals surface area contributed by atoms with Gasteiger partial charge in [-0.1, -0.05) is 0 Å². The van der Waals surface area contributed by atoms with Crippen molar-refractivity contribution in [2.24, 2.45) is 7.05 Å². The Morgan fingerprint density at radius 3 is 2.80 bits per heavy atom. The summed E-state index contributed by atoms with van der Waals surface area (Å²) in [5, 5.41) is 8.82. The van der Waals surface area contributed by atoms with Gasteiger partial charge in [0.25, 0.3) is 0 Å². The molecule has 0 radical (unpaired) electrons. The molecule has 0 saturated heterocycles. The highest BCUT2D eigenvalue weighted by atomic mass is 15.3. The second-order valence-corrected chi connectivity index (χ2v) is 4.80. The first-order valence-corrected chi connectivity index (χ1v) is 6.47. The largest absolute Gasteiger partial charge is 0.376 e. The molecule has 0 aliphatic heterocycles. The molecular formula is C14H16N6. The summed E-state index contributed by atoms with van der Waals surface area (Å²) in [6.07, 6.45) is 6.94. The molecule has 0 saturated carbocycles. The molecule has 0 aliphatic carbocycles. The van der Waals surface area contributed by atoms with Gasteiger partial charge in [0.15, 0.2) is 5.65 Å². The second kappa shape index (κ2) is 4.88. The van der Waals surface area contributed by atoms with E-state index < -0.39 is 0 Å². The standard InChI is InChI=1S/C14H16N6/c1-9-12-6-11(7-17-14(12)20(3)19-9)18-10(2)13-8-15-4-5-16-13/h4-8,10,18H,1-3H3. The van der Waals surface area contributed by atoms with Crippen molar-refractivity contribution in [3.8, 4) is 0 Å². The maximum absolute atomic E-state index is 4.45. The van der Waals surface area contributed by atoms with Crippen molar-refractivity contribution in [3.05, 3.63) is 42.2 Å². The Balaban J connectivity index is 1.90. The number of hydrogen-bond acceptors (Lipinski definition) is 5. The summed E-state index contributed by atoms with van der Waals surface area (Å²) in [5.74, 6) is 0. The van der Waals surface area contributed by atoms with E-state index >= 15 is 0 Å². The van der Waals surface area contributed by atoms with Crippen LogP contribution in [0.25, 0.3) is 11.0 Å². The summed E-state index contributed by atoms with van der Waals surface area (Å²) < 4.78 is 1.79. The number of anilines is 1. The van der Waals surface area contributed by atoms with Crippen molar-refractivity contribution in [3.63, 3.8) is 0 Å². The van der Waals surface area contributed by atoms with Gasteiger partial charge in [0.1, 0.15) is 0 Å². The number of rotatable bonds is 3. The number of aromatic nitrogens is 5. The summed E-state index contributed by atoms with van der Waals surface area (Å²) in [5.41, 5.74) is 3.72. The van der Waals surface area contributed by atoms with Crippen LogP contribution in [0.3, 0.4) is 0 Å². The predicted molar refractivity (Wildman–Crippen MR) is 77.3 cm³/mol. The van der Waals surface area contributed by atoms with Crippen molar-refractivity contribution in [2.45, 2.75) is 19.9 Å². The van der Waals surface area contributed by atoms with Gasteiger partial charge in [-0.15, -0.1) is 0 Å². The van der Waals surface area contributed by atoms with Crippen LogP contribution in [0.5, 0.6) is 0 Å². The number of nitrogens with zero attached hydrogens (tertiary/aromatic N) is 5. The normalized spacial score (nSPS) is 12.6. The number of aryl methyl sites for hydroxylation is 2. The van der Waals surface area contributed by atoms with Crippen molar-refractivity contribution in [1.29, 1.82) is 0 Å². The molecule has 6 nitrogen and oxygen atoms in total. The van der Waals surface area contributed by atoms with E-state index in [1.54, 1.807) is 23.3 Å². The highest BCUT2D eigenvalue weighted by molar-refractivity contribution is 5.81. The summed E-state index contributed by atoms with van der Waals surface area (Å²) in [6.45, 7) is 4.03. The molecule has 20 heavy (non-hydrogen) atoms. The Morgan fingerprint density at radius 1 is 1.20 bits per heavy atom. The zero-order chi connectivity index (χ0) is 14.1. The van der Waals surface area contributed by atoms with Gasteiger partial charge in [-0.05, 0) is 19.9 Å². The first kappa shape index (κ1) is 12.5. The average molecular weight is 268 g/mol. The number of pyridine rings is 1. The maximum atomic E-state index is 4.45. The molecule has 0 aromatic carbocycles. The monoisotopic (exact) mass is 268 g/mol. The van der Waals surface area contributed by atoms with E-state index in [0.717, 1.165) is 28.1 Å². The maximum Gasteiger partial charge on any atom is 0.157 e. The van der Waals surface area contributed by atoms with Crippen LogP contribution in [0.2, 0.25) is 0 Å². The molecule has 6 heteroatoms. The number of nitrogens with one attached hydrogen (secondary N) is 1. The molecule has 1 unspecified atom stereocenters. The van der Waals surface area contributed by atoms with Crippen LogP contribution < -0.4 is 5.32 Å². The lowest BCUT2D eigenvalue weighted by Gasteiger charge is -2.14. The molecule has 0 amide bonds. The Kier molecular flexibility index (Phi) is 3.06. The fourth-order valence-corrected chi connectivity index (χ4v) is 2.25. The van der Waals surface area contributed by atoms with Crippen LogP contribution in [0.1, 0.15) is 24.4 Å². The number of fused-ring (bicyclic) bond motifs is 1. The molecule has 1 N–H and O–H groups in total. The average Bonchev–Trinajstić information content (AvgIpc) is 2.75. The molecule has 0 spiro atoms. The SMILES string of the molecule is Cc1nn(C)c2ncc(NC(C)c3cnccn3)cc12. The highest BCUT2D eigenvalue weighted by Gasteiger charge is 2.10. The molecule has 3 aromatic heterocycles. The minimum absolute atomic E-state index is 0.0694. The topological polar surface area (TPSA) is 68.5 Å². The molecule has 0 fully saturated rings. The third kappa shape index (κ3) is 2.20. The van der Waals surface area contributed by atoms with Crippen molar-refractivity contribution >= 4 is 16.7 Å². The predicted octanol–water partition coefficient (Wildman–Crippen LogP) is 2.24. The minimum Gasteiger partial charge on any atom is -0.376 e. The second-order valence-electron chi connectivity index (χ2n) is 4.80. The van der Waals surface area contributed by atoms with Crippen LogP contribution in [-0.4, -0.2) is 24.7 Å². The van der Waals surface area contributed by atoms with Gasteiger partial charge in [0.05, 0.1) is 35.5 Å². The van der Waals surface area contributed by atoms with E-state index in [0.29, 0.717) is 0 Å². The van der Waals surface area contributed by atoms with Crippen LogP contribution in [0, 0.1) is 6.92 Å². The fourth-order valence-electron chi connectivity index (χ4n) is 2.25. The van der Waals surface area contributed by atoms with Crippen LogP contribution in [-0.2, 0) is 7.05 Å². The van der Waals surface area contributed by atoms with E-state index in [1.165, 1.54) is 0 Å². The van der Waals surface area contributed by atoms with E-state index in [-0.39, 0.29) is 6.04 Å².